The zero-order valence-corrected chi connectivity index (χ0v) is 14.5. The number of nitrogens with one attached hydrogen (secondary N) is 1. The van der Waals surface area contributed by atoms with Crippen molar-refractivity contribution in [2.45, 2.75) is 32.7 Å². The van der Waals surface area contributed by atoms with Crippen LogP contribution in [-0.4, -0.2) is 16.1 Å². The molecule has 2 aromatic heterocycles. The topological polar surface area (TPSA) is 62.2 Å². The number of carboxylic acid groups (broad SMARTS) is 1. The van der Waals surface area contributed by atoms with Crippen LogP contribution >= 0.6 is 27.3 Å². The van der Waals surface area contributed by atoms with Crippen LogP contribution in [0.15, 0.2) is 28.1 Å². The first-order valence-electron chi connectivity index (χ1n) is 6.48. The Kier molecular flexibility index (Phi) is 4.68. The first kappa shape index (κ1) is 16.0. The summed E-state index contributed by atoms with van der Waals surface area (Å²) in [4.78, 5) is 16.9. The van der Waals surface area contributed by atoms with E-state index in [1.54, 1.807) is 23.5 Å². The highest BCUT2D eigenvalue weighted by Gasteiger charge is 2.19. The third-order valence-electron chi connectivity index (χ3n) is 2.91. The predicted molar refractivity (Wildman–Crippen MR) is 89.2 cm³/mol. The molecule has 0 spiro atoms. The average Bonchev–Trinajstić information content (AvgIpc) is 2.81. The normalized spacial score (nSPS) is 11.4. The van der Waals surface area contributed by atoms with Gasteiger partial charge in [0.05, 0.1) is 12.1 Å². The predicted octanol–water partition coefficient (Wildman–Crippen LogP) is 4.51. The number of aromatic carboxylic acids is 1. The molecule has 4 nitrogen and oxygen atoms in total. The molecule has 0 aliphatic rings. The molecule has 0 aliphatic carbocycles. The van der Waals surface area contributed by atoms with Crippen molar-refractivity contribution >= 4 is 39.1 Å². The van der Waals surface area contributed by atoms with Crippen molar-refractivity contribution in [3.05, 3.63) is 44.2 Å². The molecule has 0 radical (unpaired) electrons. The highest BCUT2D eigenvalue weighted by Crippen LogP contribution is 2.25. The van der Waals surface area contributed by atoms with Crippen molar-refractivity contribution in [1.29, 1.82) is 0 Å². The molecular weight excluding hydrogens is 352 g/mol. The van der Waals surface area contributed by atoms with Crippen LogP contribution < -0.4 is 5.32 Å². The minimum absolute atomic E-state index is 0.201. The zero-order valence-electron chi connectivity index (χ0n) is 12.1. The number of carbonyl (C=O) groups is 1. The lowest BCUT2D eigenvalue weighted by atomic mass is 9.91. The lowest BCUT2D eigenvalue weighted by molar-refractivity contribution is 0.0696. The molecule has 2 aromatic rings. The van der Waals surface area contributed by atoms with Crippen LogP contribution in [0.25, 0.3) is 0 Å². The van der Waals surface area contributed by atoms with Gasteiger partial charge in [0.1, 0.15) is 5.82 Å². The van der Waals surface area contributed by atoms with Gasteiger partial charge in [-0.3, -0.25) is 0 Å². The van der Waals surface area contributed by atoms with Gasteiger partial charge in [-0.1, -0.05) is 20.8 Å². The highest BCUT2D eigenvalue weighted by molar-refractivity contribution is 9.10. The Morgan fingerprint density at radius 3 is 2.62 bits per heavy atom. The first-order chi connectivity index (χ1) is 9.75. The number of carboxylic acids is 1. The number of halogens is 1. The molecule has 0 atom stereocenters. The van der Waals surface area contributed by atoms with Crippen LogP contribution in [0.1, 0.15) is 41.7 Å². The fraction of sp³-hybridized carbons (Fsp3) is 0.333. The van der Waals surface area contributed by atoms with E-state index in [4.69, 9.17) is 0 Å². The minimum atomic E-state index is -0.940. The Labute approximate surface area is 136 Å². The van der Waals surface area contributed by atoms with Crippen LogP contribution in [0, 0.1) is 0 Å². The summed E-state index contributed by atoms with van der Waals surface area (Å²) in [5, 5.41) is 14.4. The highest BCUT2D eigenvalue weighted by atomic mass is 79.9. The maximum absolute atomic E-state index is 11.3. The van der Waals surface area contributed by atoms with Gasteiger partial charge < -0.3 is 10.4 Å². The number of thiophene rings is 1. The smallest absolute Gasteiger partial charge is 0.335 e. The van der Waals surface area contributed by atoms with Crippen LogP contribution in [0.2, 0.25) is 0 Å². The number of anilines is 1. The van der Waals surface area contributed by atoms with Crippen molar-refractivity contribution in [2.75, 3.05) is 5.32 Å². The number of hydrogen-bond donors (Lipinski definition) is 2. The SMILES string of the molecule is CC(C)(C)c1cc(C(=O)O)cc(NCc2cc(Br)cs2)n1. The molecule has 0 amide bonds. The van der Waals surface area contributed by atoms with Gasteiger partial charge in [-0.05, 0) is 34.1 Å². The van der Waals surface area contributed by atoms with Crippen LogP contribution in [-0.2, 0) is 12.0 Å². The van der Waals surface area contributed by atoms with Gasteiger partial charge in [0, 0.05) is 25.8 Å². The van der Waals surface area contributed by atoms with Crippen LogP contribution in [0.5, 0.6) is 0 Å². The Morgan fingerprint density at radius 1 is 1.38 bits per heavy atom. The summed E-state index contributed by atoms with van der Waals surface area (Å²) in [6, 6.07) is 5.23. The first-order valence-corrected chi connectivity index (χ1v) is 8.15. The molecule has 2 N–H and O–H groups in total. The average molecular weight is 369 g/mol. The fourth-order valence-corrected chi connectivity index (χ4v) is 3.14. The van der Waals surface area contributed by atoms with Gasteiger partial charge in [0.15, 0.2) is 0 Å². The van der Waals surface area contributed by atoms with Crippen molar-refractivity contribution in [2.24, 2.45) is 0 Å². The number of hydrogen-bond acceptors (Lipinski definition) is 4. The van der Waals surface area contributed by atoms with E-state index in [9.17, 15) is 9.90 Å². The maximum Gasteiger partial charge on any atom is 0.335 e. The van der Waals surface area contributed by atoms with E-state index in [0.717, 1.165) is 15.0 Å². The molecule has 2 heterocycles. The Balaban J connectivity index is 2.25. The molecule has 6 heteroatoms. The Bertz CT molecular complexity index is 662. The van der Waals surface area contributed by atoms with Crippen LogP contribution in [0.4, 0.5) is 5.82 Å². The van der Waals surface area contributed by atoms with Gasteiger partial charge in [-0.15, -0.1) is 11.3 Å². The second-order valence-electron chi connectivity index (χ2n) is 5.77. The Hall–Kier alpha value is -1.40. The zero-order chi connectivity index (χ0) is 15.6. The summed E-state index contributed by atoms with van der Waals surface area (Å²) >= 11 is 5.05. The molecule has 0 unspecified atom stereocenters. The summed E-state index contributed by atoms with van der Waals surface area (Å²) in [6.07, 6.45) is 0. The summed E-state index contributed by atoms with van der Waals surface area (Å²) in [5.74, 6) is -0.353. The van der Waals surface area contributed by atoms with Gasteiger partial charge in [0.25, 0.3) is 0 Å². The fourth-order valence-electron chi connectivity index (χ4n) is 1.75. The number of pyridine rings is 1. The lowest BCUT2D eigenvalue weighted by Crippen LogP contribution is -2.16. The summed E-state index contributed by atoms with van der Waals surface area (Å²) in [6.45, 7) is 6.67. The molecule has 0 saturated heterocycles. The molecule has 21 heavy (non-hydrogen) atoms. The minimum Gasteiger partial charge on any atom is -0.478 e. The monoisotopic (exact) mass is 368 g/mol. The molecule has 0 fully saturated rings. The molecule has 0 bridgehead atoms. The van der Waals surface area contributed by atoms with Crippen molar-refractivity contribution < 1.29 is 9.90 Å². The molecule has 2 rings (SSSR count). The van der Waals surface area contributed by atoms with Gasteiger partial charge in [-0.2, -0.15) is 0 Å². The largest absolute Gasteiger partial charge is 0.478 e. The van der Waals surface area contributed by atoms with E-state index in [-0.39, 0.29) is 11.0 Å². The van der Waals surface area contributed by atoms with E-state index in [1.807, 2.05) is 32.2 Å². The molecule has 0 aromatic carbocycles. The van der Waals surface area contributed by atoms with E-state index >= 15 is 0 Å². The second kappa shape index (κ2) is 6.15. The molecule has 112 valence electrons. The van der Waals surface area contributed by atoms with E-state index in [0.29, 0.717) is 12.4 Å². The van der Waals surface area contributed by atoms with E-state index in [2.05, 4.69) is 26.2 Å². The van der Waals surface area contributed by atoms with Crippen molar-refractivity contribution in [3.8, 4) is 0 Å². The summed E-state index contributed by atoms with van der Waals surface area (Å²) in [5.41, 5.74) is 0.815. The van der Waals surface area contributed by atoms with Crippen molar-refractivity contribution in [3.63, 3.8) is 0 Å². The van der Waals surface area contributed by atoms with Gasteiger partial charge in [-0.25, -0.2) is 9.78 Å². The number of aromatic nitrogens is 1. The third kappa shape index (κ3) is 4.28. The lowest BCUT2D eigenvalue weighted by Gasteiger charge is -2.19. The van der Waals surface area contributed by atoms with Gasteiger partial charge >= 0.3 is 5.97 Å². The second-order valence-corrected chi connectivity index (χ2v) is 7.68. The van der Waals surface area contributed by atoms with E-state index < -0.39 is 5.97 Å². The third-order valence-corrected chi connectivity index (χ3v) is 4.60. The Morgan fingerprint density at radius 2 is 2.10 bits per heavy atom. The molecular formula is C15H17BrN2O2S. The van der Waals surface area contributed by atoms with E-state index in [1.165, 1.54) is 0 Å². The molecule has 0 aliphatic heterocycles. The maximum atomic E-state index is 11.3. The molecule has 0 saturated carbocycles. The summed E-state index contributed by atoms with van der Waals surface area (Å²) < 4.78 is 1.05. The van der Waals surface area contributed by atoms with Crippen LogP contribution in [0.3, 0.4) is 0 Å². The van der Waals surface area contributed by atoms with Crippen molar-refractivity contribution in [1.82, 2.24) is 4.98 Å². The number of rotatable bonds is 4. The summed E-state index contributed by atoms with van der Waals surface area (Å²) in [7, 11) is 0. The quantitative estimate of drug-likeness (QED) is 0.832. The van der Waals surface area contributed by atoms with Gasteiger partial charge in [0.2, 0.25) is 0 Å². The number of nitrogens with zero attached hydrogens (tertiary/aromatic N) is 1. The standard InChI is InChI=1S/C15H17BrN2O2S/c1-15(2,3)12-4-9(14(19)20)5-13(18-12)17-7-11-6-10(16)8-21-11/h4-6,8H,7H2,1-3H3,(H,17,18)(H,19,20).